The summed E-state index contributed by atoms with van der Waals surface area (Å²) in [6, 6.07) is 48.6. The molecule has 0 saturated heterocycles. The van der Waals surface area contributed by atoms with Gasteiger partial charge in [-0.15, -0.1) is 0 Å². The fourth-order valence-corrected chi connectivity index (χ4v) is 8.68. The third-order valence-electron chi connectivity index (χ3n) is 9.78. The molecule has 4 nitrogen and oxygen atoms in total. The summed E-state index contributed by atoms with van der Waals surface area (Å²) >= 11 is 5.09. The van der Waals surface area contributed by atoms with Gasteiger partial charge < -0.3 is 4.57 Å². The highest BCUT2D eigenvalue weighted by Gasteiger charge is 2.32. The van der Waals surface area contributed by atoms with Crippen LogP contribution < -0.4 is 14.9 Å². The molecular formula is C44H32BrN3OS. The summed E-state index contributed by atoms with van der Waals surface area (Å²) in [6.07, 6.45) is 3.87. The number of rotatable bonds is 5. The van der Waals surface area contributed by atoms with Crippen LogP contribution in [0.4, 0.5) is 0 Å². The van der Waals surface area contributed by atoms with Crippen molar-refractivity contribution in [1.82, 2.24) is 9.13 Å². The molecular weight excluding hydrogens is 698 g/mol. The van der Waals surface area contributed by atoms with Gasteiger partial charge >= 0.3 is 0 Å². The maximum absolute atomic E-state index is 14.7. The summed E-state index contributed by atoms with van der Waals surface area (Å²) in [5, 5.41) is 0. The number of hydrogen-bond acceptors (Lipinski definition) is 3. The van der Waals surface area contributed by atoms with Crippen LogP contribution in [0.2, 0.25) is 0 Å². The van der Waals surface area contributed by atoms with Gasteiger partial charge in [0.05, 0.1) is 27.7 Å². The topological polar surface area (TPSA) is 39.3 Å². The molecule has 5 aromatic carbocycles. The molecule has 0 radical (unpaired) electrons. The number of aryl methyl sites for hydroxylation is 2. The molecule has 9 rings (SSSR count). The molecule has 1 aliphatic heterocycles. The average Bonchev–Trinajstić information content (AvgIpc) is 3.69. The van der Waals surface area contributed by atoms with Gasteiger partial charge in [-0.25, -0.2) is 4.99 Å². The molecule has 2 aromatic heterocycles. The molecule has 0 N–H and O–H groups in total. The van der Waals surface area contributed by atoms with Crippen LogP contribution in [0, 0.1) is 6.92 Å². The van der Waals surface area contributed by atoms with Crippen LogP contribution in [0.1, 0.15) is 40.3 Å². The van der Waals surface area contributed by atoms with Crippen LogP contribution in [0.25, 0.3) is 40.0 Å². The lowest BCUT2D eigenvalue weighted by atomic mass is 9.83. The molecule has 0 saturated carbocycles. The van der Waals surface area contributed by atoms with Crippen molar-refractivity contribution in [3.63, 3.8) is 0 Å². The molecule has 0 spiro atoms. The molecule has 0 bridgehead atoms. The van der Waals surface area contributed by atoms with E-state index in [1.807, 2.05) is 16.7 Å². The van der Waals surface area contributed by atoms with Gasteiger partial charge in [0.1, 0.15) is 0 Å². The van der Waals surface area contributed by atoms with E-state index in [-0.39, 0.29) is 11.6 Å². The average molecular weight is 731 g/mol. The lowest BCUT2D eigenvalue weighted by Gasteiger charge is -2.30. The normalized spacial score (nSPS) is 15.3. The van der Waals surface area contributed by atoms with Crippen LogP contribution in [0.15, 0.2) is 159 Å². The van der Waals surface area contributed by atoms with Crippen LogP contribution in [0.3, 0.4) is 0 Å². The van der Waals surface area contributed by atoms with Crippen LogP contribution >= 0.6 is 27.3 Å². The third kappa shape index (κ3) is 5.27. The number of thiazole rings is 1. The lowest BCUT2D eigenvalue weighted by molar-refractivity contribution is 0.585. The molecule has 1 aliphatic carbocycles. The van der Waals surface area contributed by atoms with E-state index < -0.39 is 0 Å². The Hall–Kier alpha value is -5.30. The molecule has 2 aliphatic rings. The Labute approximate surface area is 302 Å². The predicted molar refractivity (Wildman–Crippen MR) is 208 cm³/mol. The monoisotopic (exact) mass is 729 g/mol. The largest absolute Gasteiger partial charge is 0.309 e. The first-order chi connectivity index (χ1) is 24.5. The van der Waals surface area contributed by atoms with E-state index in [0.29, 0.717) is 4.53 Å². The lowest BCUT2D eigenvalue weighted by Crippen LogP contribution is -2.38. The van der Waals surface area contributed by atoms with Gasteiger partial charge in [-0.1, -0.05) is 142 Å². The summed E-state index contributed by atoms with van der Waals surface area (Å²) in [6.45, 7) is 2.11. The van der Waals surface area contributed by atoms with Gasteiger partial charge in [0.15, 0.2) is 4.80 Å². The van der Waals surface area contributed by atoms with Crippen molar-refractivity contribution in [2.75, 3.05) is 0 Å². The first-order valence-corrected chi connectivity index (χ1v) is 18.5. The molecule has 6 heteroatoms. The minimum absolute atomic E-state index is 0.0181. The van der Waals surface area contributed by atoms with Gasteiger partial charge in [-0.2, -0.15) is 0 Å². The minimum Gasteiger partial charge on any atom is -0.309 e. The van der Waals surface area contributed by atoms with E-state index in [2.05, 4.69) is 161 Å². The maximum Gasteiger partial charge on any atom is 0.271 e. The Bertz CT molecular complexity index is 2610. The Kier molecular flexibility index (Phi) is 7.71. The molecule has 1 atom stereocenters. The summed E-state index contributed by atoms with van der Waals surface area (Å²) in [4.78, 5) is 20.7. The second-order valence-electron chi connectivity index (χ2n) is 12.9. The molecule has 0 fully saturated rings. The highest BCUT2D eigenvalue weighted by Crippen LogP contribution is 2.42. The Morgan fingerprint density at radius 3 is 2.20 bits per heavy atom. The SMILES string of the molecule is Cc1ccc(-n2c(-c3ccccc3)cc(/C=c3/sc4n(c3=O)[C@H](c3ccc(Br)cc3)C3=C(N=4)c4ccccc4CC3)c2-c2ccccc2)cc1. The van der Waals surface area contributed by atoms with E-state index in [0.717, 1.165) is 67.1 Å². The molecule has 7 aromatic rings. The smallest absolute Gasteiger partial charge is 0.271 e. The third-order valence-corrected chi connectivity index (χ3v) is 11.3. The molecule has 0 unspecified atom stereocenters. The molecule has 0 amide bonds. The Balaban J connectivity index is 1.32. The van der Waals surface area contributed by atoms with Gasteiger partial charge in [0.2, 0.25) is 0 Å². The fourth-order valence-electron chi connectivity index (χ4n) is 7.42. The standard InChI is InChI=1S/C44H32BrN3OS/c1-28-16-23-35(24-17-28)47-38(30-11-4-2-5-12-30)26-33(41(47)31-13-6-3-7-14-31)27-39-43(49)48-42(32-18-21-34(45)22-19-32)37-25-20-29-10-8-9-15-36(29)40(37)46-44(48)50-39/h2-19,21-24,26-27,42H,20,25H2,1H3/b39-27+/t42-/m1/s1. The van der Waals surface area contributed by atoms with E-state index in [9.17, 15) is 4.79 Å². The van der Waals surface area contributed by atoms with Crippen molar-refractivity contribution < 1.29 is 0 Å². The van der Waals surface area contributed by atoms with Crippen molar-refractivity contribution in [3.05, 3.63) is 197 Å². The zero-order valence-corrected chi connectivity index (χ0v) is 29.8. The molecule has 50 heavy (non-hydrogen) atoms. The molecule has 242 valence electrons. The zero-order valence-electron chi connectivity index (χ0n) is 27.4. The number of allylic oxidation sites excluding steroid dienone is 1. The summed E-state index contributed by atoms with van der Waals surface area (Å²) in [5.74, 6) is 0. The number of halogens is 1. The summed E-state index contributed by atoms with van der Waals surface area (Å²) in [7, 11) is 0. The predicted octanol–water partition coefficient (Wildman–Crippen LogP) is 9.51. The van der Waals surface area contributed by atoms with E-state index in [1.54, 1.807) is 0 Å². The molecule has 3 heterocycles. The number of aromatic nitrogens is 2. The Morgan fingerprint density at radius 2 is 1.46 bits per heavy atom. The van der Waals surface area contributed by atoms with Crippen molar-refractivity contribution in [3.8, 4) is 28.2 Å². The maximum atomic E-state index is 14.7. The number of nitrogens with zero attached hydrogens (tertiary/aromatic N) is 3. The van der Waals surface area contributed by atoms with Crippen molar-refractivity contribution in [2.24, 2.45) is 4.99 Å². The first kappa shape index (κ1) is 30.7. The van der Waals surface area contributed by atoms with E-state index in [4.69, 9.17) is 4.99 Å². The number of benzene rings is 5. The van der Waals surface area contributed by atoms with Gasteiger partial charge in [0.25, 0.3) is 5.56 Å². The number of hydrogen-bond donors (Lipinski definition) is 0. The zero-order chi connectivity index (χ0) is 33.8. The van der Waals surface area contributed by atoms with Crippen molar-refractivity contribution in [1.29, 1.82) is 0 Å². The van der Waals surface area contributed by atoms with Crippen LogP contribution in [-0.2, 0) is 6.42 Å². The highest BCUT2D eigenvalue weighted by atomic mass is 79.9. The van der Waals surface area contributed by atoms with Gasteiger partial charge in [0, 0.05) is 21.3 Å². The second kappa shape index (κ2) is 12.5. The first-order valence-electron chi connectivity index (χ1n) is 16.9. The summed E-state index contributed by atoms with van der Waals surface area (Å²) in [5.41, 5.74) is 13.3. The van der Waals surface area contributed by atoms with Crippen LogP contribution in [0.5, 0.6) is 0 Å². The Morgan fingerprint density at radius 1 is 0.780 bits per heavy atom. The summed E-state index contributed by atoms with van der Waals surface area (Å²) < 4.78 is 5.94. The van der Waals surface area contributed by atoms with E-state index in [1.165, 1.54) is 33.6 Å². The van der Waals surface area contributed by atoms with E-state index >= 15 is 0 Å². The highest BCUT2D eigenvalue weighted by molar-refractivity contribution is 9.10. The minimum atomic E-state index is -0.226. The van der Waals surface area contributed by atoms with Crippen molar-refractivity contribution in [2.45, 2.75) is 25.8 Å². The quantitative estimate of drug-likeness (QED) is 0.174. The van der Waals surface area contributed by atoms with Crippen LogP contribution in [-0.4, -0.2) is 9.13 Å². The number of fused-ring (bicyclic) bond motifs is 3. The second-order valence-corrected chi connectivity index (χ2v) is 14.8. The van der Waals surface area contributed by atoms with Gasteiger partial charge in [-0.3, -0.25) is 9.36 Å². The van der Waals surface area contributed by atoms with Gasteiger partial charge in [-0.05, 0) is 84.0 Å². The fraction of sp³-hybridized carbons (Fsp3) is 0.0909. The van der Waals surface area contributed by atoms with Crippen molar-refractivity contribution >= 4 is 39.0 Å².